The molecule has 0 aliphatic carbocycles. The SMILES string of the molecule is COCCN(Cc1ccccc1)CC1CCNCC1.Cl. The molecule has 0 atom stereocenters. The third-order valence-corrected chi connectivity index (χ3v) is 3.84. The Morgan fingerprint density at radius 2 is 1.90 bits per heavy atom. The van der Waals surface area contributed by atoms with E-state index in [1.54, 1.807) is 7.11 Å². The van der Waals surface area contributed by atoms with Gasteiger partial charge in [-0.2, -0.15) is 0 Å². The lowest BCUT2D eigenvalue weighted by Gasteiger charge is -2.30. The highest BCUT2D eigenvalue weighted by molar-refractivity contribution is 5.85. The van der Waals surface area contributed by atoms with Gasteiger partial charge in [0.2, 0.25) is 0 Å². The van der Waals surface area contributed by atoms with Crippen molar-refractivity contribution in [2.75, 3.05) is 39.9 Å². The predicted molar refractivity (Wildman–Crippen MR) is 86.4 cm³/mol. The first-order valence-corrected chi connectivity index (χ1v) is 7.34. The van der Waals surface area contributed by atoms with Crippen molar-refractivity contribution in [1.82, 2.24) is 10.2 Å². The van der Waals surface area contributed by atoms with E-state index in [0.717, 1.165) is 25.6 Å². The molecule has 3 nitrogen and oxygen atoms in total. The Bertz CT molecular complexity index is 342. The standard InChI is InChI=1S/C16H26N2O.ClH/c1-19-12-11-18(13-15-5-3-2-4-6-15)14-16-7-9-17-10-8-16;/h2-6,16-17H,7-14H2,1H3;1H. The van der Waals surface area contributed by atoms with Crippen molar-refractivity contribution in [3.8, 4) is 0 Å². The van der Waals surface area contributed by atoms with E-state index < -0.39 is 0 Å². The molecule has 1 heterocycles. The zero-order valence-electron chi connectivity index (χ0n) is 12.4. The highest BCUT2D eigenvalue weighted by atomic mass is 35.5. The number of nitrogens with zero attached hydrogens (tertiary/aromatic N) is 1. The molecule has 0 radical (unpaired) electrons. The van der Waals surface area contributed by atoms with Crippen molar-refractivity contribution in [2.24, 2.45) is 5.92 Å². The number of halogens is 1. The normalized spacial score (nSPS) is 16.1. The quantitative estimate of drug-likeness (QED) is 0.837. The lowest BCUT2D eigenvalue weighted by Crippen LogP contribution is -2.37. The molecule has 0 amide bonds. The summed E-state index contributed by atoms with van der Waals surface area (Å²) in [4.78, 5) is 2.54. The number of hydrogen-bond acceptors (Lipinski definition) is 3. The van der Waals surface area contributed by atoms with E-state index in [-0.39, 0.29) is 12.4 Å². The van der Waals surface area contributed by atoms with Crippen LogP contribution in [0.3, 0.4) is 0 Å². The summed E-state index contributed by atoms with van der Waals surface area (Å²) in [5.41, 5.74) is 1.40. The molecule has 1 fully saturated rings. The highest BCUT2D eigenvalue weighted by Crippen LogP contribution is 2.15. The van der Waals surface area contributed by atoms with Crippen molar-refractivity contribution in [3.05, 3.63) is 35.9 Å². The summed E-state index contributed by atoms with van der Waals surface area (Å²) in [5.74, 6) is 0.835. The lowest BCUT2D eigenvalue weighted by molar-refractivity contribution is 0.126. The predicted octanol–water partition coefficient (Wildman–Crippen LogP) is 2.56. The number of methoxy groups -OCH3 is 1. The third kappa shape index (κ3) is 6.23. The number of hydrogen-bond donors (Lipinski definition) is 1. The van der Waals surface area contributed by atoms with Gasteiger partial charge in [0, 0.05) is 26.7 Å². The van der Waals surface area contributed by atoms with E-state index in [1.807, 2.05) is 0 Å². The maximum absolute atomic E-state index is 5.25. The summed E-state index contributed by atoms with van der Waals surface area (Å²) >= 11 is 0. The van der Waals surface area contributed by atoms with E-state index in [1.165, 1.54) is 38.0 Å². The number of rotatable bonds is 7. The lowest BCUT2D eigenvalue weighted by atomic mass is 9.97. The minimum atomic E-state index is 0. The molecule has 0 saturated carbocycles. The molecule has 1 aromatic rings. The molecule has 1 N–H and O–H groups in total. The smallest absolute Gasteiger partial charge is 0.0589 e. The average molecular weight is 299 g/mol. The van der Waals surface area contributed by atoms with Crippen LogP contribution in [-0.4, -0.2) is 44.8 Å². The molecular weight excluding hydrogens is 272 g/mol. The topological polar surface area (TPSA) is 24.5 Å². The first kappa shape index (κ1) is 17.4. The molecule has 1 aromatic carbocycles. The zero-order chi connectivity index (χ0) is 13.3. The number of piperidine rings is 1. The van der Waals surface area contributed by atoms with Crippen molar-refractivity contribution in [2.45, 2.75) is 19.4 Å². The molecule has 1 aliphatic heterocycles. The summed E-state index contributed by atoms with van der Waals surface area (Å²) in [6, 6.07) is 10.7. The minimum Gasteiger partial charge on any atom is -0.383 e. The van der Waals surface area contributed by atoms with Crippen LogP contribution in [0.2, 0.25) is 0 Å². The van der Waals surface area contributed by atoms with Crippen LogP contribution in [0.1, 0.15) is 18.4 Å². The molecule has 2 rings (SSSR count). The van der Waals surface area contributed by atoms with E-state index in [4.69, 9.17) is 4.74 Å². The Balaban J connectivity index is 0.00000200. The molecule has 1 aliphatic rings. The van der Waals surface area contributed by atoms with Gasteiger partial charge in [-0.3, -0.25) is 4.90 Å². The van der Waals surface area contributed by atoms with Gasteiger partial charge in [0.1, 0.15) is 0 Å². The second-order valence-corrected chi connectivity index (χ2v) is 5.41. The van der Waals surface area contributed by atoms with Gasteiger partial charge in [-0.1, -0.05) is 30.3 Å². The molecule has 114 valence electrons. The van der Waals surface area contributed by atoms with Crippen LogP contribution in [0.5, 0.6) is 0 Å². The first-order valence-electron chi connectivity index (χ1n) is 7.34. The van der Waals surface area contributed by atoms with Gasteiger partial charge in [0.05, 0.1) is 6.61 Å². The number of nitrogens with one attached hydrogen (secondary N) is 1. The van der Waals surface area contributed by atoms with Gasteiger partial charge in [0.25, 0.3) is 0 Å². The van der Waals surface area contributed by atoms with E-state index >= 15 is 0 Å². The summed E-state index contributed by atoms with van der Waals surface area (Å²) in [6.07, 6.45) is 2.61. The van der Waals surface area contributed by atoms with Crippen LogP contribution in [0.25, 0.3) is 0 Å². The molecular formula is C16H27ClN2O. The summed E-state index contributed by atoms with van der Waals surface area (Å²) in [5, 5.41) is 3.44. The van der Waals surface area contributed by atoms with Crippen LogP contribution in [-0.2, 0) is 11.3 Å². The average Bonchev–Trinajstić information content (AvgIpc) is 2.47. The molecule has 20 heavy (non-hydrogen) atoms. The fourth-order valence-corrected chi connectivity index (χ4v) is 2.73. The van der Waals surface area contributed by atoms with Gasteiger partial charge in [-0.25, -0.2) is 0 Å². The molecule has 1 saturated heterocycles. The monoisotopic (exact) mass is 298 g/mol. The Kier molecular flexibility index (Phi) is 8.86. The van der Waals surface area contributed by atoms with Crippen LogP contribution in [0, 0.1) is 5.92 Å². The molecule has 0 bridgehead atoms. The second-order valence-electron chi connectivity index (χ2n) is 5.41. The number of benzene rings is 1. The van der Waals surface area contributed by atoms with Gasteiger partial charge < -0.3 is 10.1 Å². The van der Waals surface area contributed by atoms with Gasteiger partial charge in [-0.05, 0) is 37.4 Å². The second kappa shape index (κ2) is 10.2. The van der Waals surface area contributed by atoms with Gasteiger partial charge >= 0.3 is 0 Å². The molecule has 0 unspecified atom stereocenters. The highest BCUT2D eigenvalue weighted by Gasteiger charge is 2.17. The molecule has 4 heteroatoms. The van der Waals surface area contributed by atoms with Crippen LogP contribution in [0.15, 0.2) is 30.3 Å². The van der Waals surface area contributed by atoms with E-state index in [0.29, 0.717) is 0 Å². The van der Waals surface area contributed by atoms with Crippen LogP contribution >= 0.6 is 12.4 Å². The van der Waals surface area contributed by atoms with Crippen molar-refractivity contribution >= 4 is 12.4 Å². The maximum Gasteiger partial charge on any atom is 0.0589 e. The minimum absolute atomic E-state index is 0. The fraction of sp³-hybridized carbons (Fsp3) is 0.625. The van der Waals surface area contributed by atoms with Gasteiger partial charge in [-0.15, -0.1) is 12.4 Å². The maximum atomic E-state index is 5.25. The summed E-state index contributed by atoms with van der Waals surface area (Å²) in [7, 11) is 1.78. The van der Waals surface area contributed by atoms with E-state index in [2.05, 4.69) is 40.5 Å². The Labute approximate surface area is 129 Å². The van der Waals surface area contributed by atoms with Crippen LogP contribution in [0.4, 0.5) is 0 Å². The fourth-order valence-electron chi connectivity index (χ4n) is 2.73. The molecule has 0 spiro atoms. The van der Waals surface area contributed by atoms with Crippen molar-refractivity contribution in [1.29, 1.82) is 0 Å². The zero-order valence-corrected chi connectivity index (χ0v) is 13.2. The third-order valence-electron chi connectivity index (χ3n) is 3.84. The van der Waals surface area contributed by atoms with Crippen molar-refractivity contribution in [3.63, 3.8) is 0 Å². The van der Waals surface area contributed by atoms with Crippen LogP contribution < -0.4 is 5.32 Å². The number of ether oxygens (including phenoxy) is 1. The Morgan fingerprint density at radius 1 is 1.20 bits per heavy atom. The molecule has 0 aromatic heterocycles. The summed E-state index contributed by atoms with van der Waals surface area (Å²) in [6.45, 7) is 6.42. The summed E-state index contributed by atoms with van der Waals surface area (Å²) < 4.78 is 5.25. The Morgan fingerprint density at radius 3 is 2.55 bits per heavy atom. The van der Waals surface area contributed by atoms with E-state index in [9.17, 15) is 0 Å². The first-order chi connectivity index (χ1) is 9.38. The van der Waals surface area contributed by atoms with Gasteiger partial charge in [0.15, 0.2) is 0 Å². The largest absolute Gasteiger partial charge is 0.383 e. The van der Waals surface area contributed by atoms with Crippen molar-refractivity contribution < 1.29 is 4.74 Å². The Hall–Kier alpha value is -0.610.